The number of nitrogens with zero attached hydrogens (tertiary/aromatic N) is 3. The van der Waals surface area contributed by atoms with Crippen molar-refractivity contribution in [3.05, 3.63) is 72.1 Å². The monoisotopic (exact) mass is 381 g/mol. The summed E-state index contributed by atoms with van der Waals surface area (Å²) in [6.07, 6.45) is 4.49. The molecule has 1 aromatic heterocycles. The maximum Gasteiger partial charge on any atom is 0.278 e. The first-order valence-electron chi connectivity index (χ1n) is 8.69. The van der Waals surface area contributed by atoms with Crippen molar-refractivity contribution in [1.29, 1.82) is 0 Å². The molecule has 0 atom stereocenters. The van der Waals surface area contributed by atoms with Crippen LogP contribution in [0.5, 0.6) is 0 Å². The second-order valence-corrected chi connectivity index (χ2v) is 8.62. The standard InChI is InChI=1S/C20H19N3O3S/c1-27(25,26)17-9-10-19-15(14-17)6-5-12-22(19)20(24)18-11-13-23(21-18)16-7-3-2-4-8-16/h2-4,7-11,13-14H,5-6,12H2,1H3. The van der Waals surface area contributed by atoms with Crippen LogP contribution >= 0.6 is 0 Å². The average molecular weight is 381 g/mol. The quantitative estimate of drug-likeness (QED) is 0.699. The normalized spacial score (nSPS) is 14.0. The molecule has 7 heteroatoms. The third-order valence-corrected chi connectivity index (χ3v) is 5.78. The molecule has 1 aliphatic rings. The Labute approximate surface area is 158 Å². The molecular formula is C20H19N3O3S. The zero-order valence-corrected chi connectivity index (χ0v) is 15.7. The number of carbonyl (C=O) groups is 1. The van der Waals surface area contributed by atoms with Gasteiger partial charge in [0.05, 0.1) is 10.6 Å². The molecule has 0 radical (unpaired) electrons. The van der Waals surface area contributed by atoms with E-state index in [1.807, 2.05) is 30.3 Å². The van der Waals surface area contributed by atoms with Crippen LogP contribution in [0.1, 0.15) is 22.5 Å². The third kappa shape index (κ3) is 3.38. The van der Waals surface area contributed by atoms with E-state index in [1.165, 1.54) is 6.26 Å². The van der Waals surface area contributed by atoms with Crippen LogP contribution in [0, 0.1) is 0 Å². The van der Waals surface area contributed by atoms with Crippen LogP contribution in [0.4, 0.5) is 5.69 Å². The molecule has 0 saturated carbocycles. The van der Waals surface area contributed by atoms with E-state index in [1.54, 1.807) is 40.0 Å². The van der Waals surface area contributed by atoms with E-state index in [0.717, 1.165) is 29.8 Å². The van der Waals surface area contributed by atoms with Crippen molar-refractivity contribution in [1.82, 2.24) is 9.78 Å². The van der Waals surface area contributed by atoms with Crippen molar-refractivity contribution in [2.45, 2.75) is 17.7 Å². The summed E-state index contributed by atoms with van der Waals surface area (Å²) in [5.41, 5.74) is 2.88. The zero-order chi connectivity index (χ0) is 19.0. The Balaban J connectivity index is 1.66. The van der Waals surface area contributed by atoms with Crippen LogP contribution in [0.2, 0.25) is 0 Å². The number of aryl methyl sites for hydroxylation is 1. The van der Waals surface area contributed by atoms with E-state index >= 15 is 0 Å². The number of sulfone groups is 1. The predicted molar refractivity (Wildman–Crippen MR) is 103 cm³/mol. The van der Waals surface area contributed by atoms with Crippen LogP contribution in [-0.2, 0) is 16.3 Å². The Kier molecular flexibility index (Phi) is 4.31. The molecule has 138 valence electrons. The van der Waals surface area contributed by atoms with E-state index in [2.05, 4.69) is 5.10 Å². The molecular weight excluding hydrogens is 362 g/mol. The van der Waals surface area contributed by atoms with Gasteiger partial charge in [0, 0.05) is 24.7 Å². The minimum atomic E-state index is -3.27. The highest BCUT2D eigenvalue weighted by atomic mass is 32.2. The van der Waals surface area contributed by atoms with Crippen LogP contribution in [0.25, 0.3) is 5.69 Å². The Bertz CT molecular complexity index is 1100. The zero-order valence-electron chi connectivity index (χ0n) is 14.9. The summed E-state index contributed by atoms with van der Waals surface area (Å²) in [6, 6.07) is 16.3. The van der Waals surface area contributed by atoms with Crippen molar-refractivity contribution in [2.75, 3.05) is 17.7 Å². The molecule has 0 N–H and O–H groups in total. The number of aromatic nitrogens is 2. The topological polar surface area (TPSA) is 72.3 Å². The van der Waals surface area contributed by atoms with Crippen molar-refractivity contribution < 1.29 is 13.2 Å². The molecule has 4 rings (SSSR count). The third-order valence-electron chi connectivity index (χ3n) is 4.67. The summed E-state index contributed by atoms with van der Waals surface area (Å²) in [4.78, 5) is 15.0. The number of carbonyl (C=O) groups excluding carboxylic acids is 1. The molecule has 0 fully saturated rings. The Morgan fingerprint density at radius 3 is 2.59 bits per heavy atom. The minimum Gasteiger partial charge on any atom is -0.307 e. The highest BCUT2D eigenvalue weighted by Gasteiger charge is 2.26. The highest BCUT2D eigenvalue weighted by Crippen LogP contribution is 2.30. The summed E-state index contributed by atoms with van der Waals surface area (Å²) in [5, 5.41) is 4.41. The van der Waals surface area contributed by atoms with Crippen molar-refractivity contribution in [3.63, 3.8) is 0 Å². The molecule has 1 amide bonds. The van der Waals surface area contributed by atoms with Gasteiger partial charge in [0.1, 0.15) is 0 Å². The van der Waals surface area contributed by atoms with Gasteiger partial charge in [-0.15, -0.1) is 0 Å². The average Bonchev–Trinajstić information content (AvgIpc) is 3.17. The SMILES string of the molecule is CS(=O)(=O)c1ccc2c(c1)CCCN2C(=O)c1ccn(-c2ccccc2)n1. The van der Waals surface area contributed by atoms with Gasteiger partial charge >= 0.3 is 0 Å². The molecule has 0 aliphatic carbocycles. The first-order chi connectivity index (χ1) is 12.9. The Morgan fingerprint density at radius 2 is 1.85 bits per heavy atom. The fraction of sp³-hybridized carbons (Fsp3) is 0.200. The molecule has 0 spiro atoms. The fourth-order valence-electron chi connectivity index (χ4n) is 3.32. The summed E-state index contributed by atoms with van der Waals surface area (Å²) in [5.74, 6) is -0.183. The minimum absolute atomic E-state index is 0.183. The van der Waals surface area contributed by atoms with Gasteiger partial charge in [-0.05, 0) is 54.8 Å². The predicted octanol–water partition coefficient (Wildman–Crippen LogP) is 2.87. The largest absolute Gasteiger partial charge is 0.307 e. The lowest BCUT2D eigenvalue weighted by molar-refractivity contribution is 0.0980. The number of anilines is 1. The van der Waals surface area contributed by atoms with Gasteiger partial charge in [-0.1, -0.05) is 18.2 Å². The molecule has 3 aromatic rings. The van der Waals surface area contributed by atoms with E-state index in [0.29, 0.717) is 12.2 Å². The summed E-state index contributed by atoms with van der Waals surface area (Å²) in [7, 11) is -3.27. The van der Waals surface area contributed by atoms with Gasteiger partial charge in [0.25, 0.3) is 5.91 Å². The Morgan fingerprint density at radius 1 is 1.07 bits per heavy atom. The second kappa shape index (κ2) is 6.66. The van der Waals surface area contributed by atoms with Crippen molar-refractivity contribution in [3.8, 4) is 5.69 Å². The Hall–Kier alpha value is -2.93. The second-order valence-electron chi connectivity index (χ2n) is 6.60. The molecule has 0 bridgehead atoms. The lowest BCUT2D eigenvalue weighted by Crippen LogP contribution is -2.35. The van der Waals surface area contributed by atoms with Gasteiger partial charge in [0.2, 0.25) is 0 Å². The number of rotatable bonds is 3. The van der Waals surface area contributed by atoms with E-state index < -0.39 is 9.84 Å². The van der Waals surface area contributed by atoms with Gasteiger partial charge in [-0.2, -0.15) is 5.10 Å². The molecule has 2 heterocycles. The number of amides is 1. The summed E-state index contributed by atoms with van der Waals surface area (Å²) in [6.45, 7) is 0.586. The maximum absolute atomic E-state index is 13.0. The first kappa shape index (κ1) is 17.5. The lowest BCUT2D eigenvalue weighted by Gasteiger charge is -2.29. The maximum atomic E-state index is 13.0. The van der Waals surface area contributed by atoms with Gasteiger partial charge in [-0.25, -0.2) is 13.1 Å². The molecule has 0 unspecified atom stereocenters. The van der Waals surface area contributed by atoms with E-state index in [9.17, 15) is 13.2 Å². The van der Waals surface area contributed by atoms with Crippen molar-refractivity contribution in [2.24, 2.45) is 0 Å². The summed E-state index contributed by atoms with van der Waals surface area (Å²) >= 11 is 0. The number of hydrogen-bond acceptors (Lipinski definition) is 4. The van der Waals surface area contributed by atoms with E-state index in [-0.39, 0.29) is 10.8 Å². The molecule has 2 aromatic carbocycles. The smallest absolute Gasteiger partial charge is 0.278 e. The molecule has 0 saturated heterocycles. The fourth-order valence-corrected chi connectivity index (χ4v) is 3.99. The number of benzene rings is 2. The van der Waals surface area contributed by atoms with Crippen LogP contribution in [0.3, 0.4) is 0 Å². The molecule has 1 aliphatic heterocycles. The van der Waals surface area contributed by atoms with Gasteiger partial charge in [-0.3, -0.25) is 4.79 Å². The van der Waals surface area contributed by atoms with E-state index in [4.69, 9.17) is 0 Å². The first-order valence-corrected chi connectivity index (χ1v) is 10.6. The molecule has 27 heavy (non-hydrogen) atoms. The number of para-hydroxylation sites is 1. The van der Waals surface area contributed by atoms with Crippen LogP contribution in [0.15, 0.2) is 65.7 Å². The van der Waals surface area contributed by atoms with Crippen LogP contribution in [-0.4, -0.2) is 36.9 Å². The van der Waals surface area contributed by atoms with Crippen LogP contribution < -0.4 is 4.90 Å². The highest BCUT2D eigenvalue weighted by molar-refractivity contribution is 7.90. The number of fused-ring (bicyclic) bond motifs is 1. The summed E-state index contributed by atoms with van der Waals surface area (Å²) < 4.78 is 25.3. The van der Waals surface area contributed by atoms with Gasteiger partial charge in [0.15, 0.2) is 15.5 Å². The number of hydrogen-bond donors (Lipinski definition) is 0. The molecule has 6 nitrogen and oxygen atoms in total. The lowest BCUT2D eigenvalue weighted by atomic mass is 10.0. The van der Waals surface area contributed by atoms with Crippen molar-refractivity contribution >= 4 is 21.4 Å². The van der Waals surface area contributed by atoms with Gasteiger partial charge < -0.3 is 4.90 Å².